The molecular formula is C8H10N2S. The van der Waals surface area contributed by atoms with E-state index in [9.17, 15) is 0 Å². The highest BCUT2D eigenvalue weighted by atomic mass is 32.1. The number of hydrogen-bond donors (Lipinski definition) is 1. The first kappa shape index (κ1) is 8.05. The molecule has 0 aromatic carbocycles. The van der Waals surface area contributed by atoms with Crippen LogP contribution in [0.15, 0.2) is 22.9 Å². The molecule has 3 heteroatoms. The summed E-state index contributed by atoms with van der Waals surface area (Å²) in [4.78, 5) is 0. The van der Waals surface area contributed by atoms with Crippen LogP contribution >= 0.6 is 11.5 Å². The number of aromatic nitrogens is 1. The third kappa shape index (κ3) is 2.22. The van der Waals surface area contributed by atoms with Crippen LogP contribution < -0.4 is 5.73 Å². The Hall–Kier alpha value is -1.05. The Kier molecular flexibility index (Phi) is 2.47. The molecule has 0 aliphatic carbocycles. The largest absolute Gasteiger partial charge is 0.396 e. The predicted molar refractivity (Wildman–Crippen MR) is 48.1 cm³/mol. The first-order valence-corrected chi connectivity index (χ1v) is 4.14. The smallest absolute Gasteiger partial charge is 0.0875 e. The predicted octanol–water partition coefficient (Wildman–Crippen LogP) is 2.01. The van der Waals surface area contributed by atoms with Gasteiger partial charge in [-0.1, -0.05) is 5.73 Å². The monoisotopic (exact) mass is 166 g/mol. The molecule has 1 aromatic rings. The highest BCUT2D eigenvalue weighted by Crippen LogP contribution is 2.10. The topological polar surface area (TPSA) is 38.9 Å². The van der Waals surface area contributed by atoms with Crippen molar-refractivity contribution in [2.45, 2.75) is 13.8 Å². The van der Waals surface area contributed by atoms with Crippen LogP contribution in [0.2, 0.25) is 0 Å². The van der Waals surface area contributed by atoms with Crippen LogP contribution in [0.25, 0.3) is 5.57 Å². The van der Waals surface area contributed by atoms with E-state index >= 15 is 0 Å². The average molecular weight is 166 g/mol. The molecule has 0 bridgehead atoms. The lowest BCUT2D eigenvalue weighted by Crippen LogP contribution is -1.87. The van der Waals surface area contributed by atoms with E-state index in [-0.39, 0.29) is 0 Å². The molecule has 0 unspecified atom stereocenters. The summed E-state index contributed by atoms with van der Waals surface area (Å²) in [5, 5.41) is 1.94. The Morgan fingerprint density at radius 2 is 2.36 bits per heavy atom. The minimum Gasteiger partial charge on any atom is -0.396 e. The molecule has 0 amide bonds. The van der Waals surface area contributed by atoms with Crippen molar-refractivity contribution in [3.8, 4) is 0 Å². The van der Waals surface area contributed by atoms with Gasteiger partial charge < -0.3 is 5.73 Å². The molecule has 0 spiro atoms. The zero-order valence-electron chi connectivity index (χ0n) is 6.59. The van der Waals surface area contributed by atoms with Gasteiger partial charge in [-0.3, -0.25) is 0 Å². The molecule has 0 saturated heterocycles. The summed E-state index contributed by atoms with van der Waals surface area (Å²) in [6, 6.07) is 1.95. The third-order valence-electron chi connectivity index (χ3n) is 1.21. The molecule has 2 nitrogen and oxygen atoms in total. The summed E-state index contributed by atoms with van der Waals surface area (Å²) in [6.07, 6.45) is 0. The van der Waals surface area contributed by atoms with Gasteiger partial charge in [-0.25, -0.2) is 0 Å². The van der Waals surface area contributed by atoms with Gasteiger partial charge in [-0.15, -0.1) is 0 Å². The fourth-order valence-electron chi connectivity index (χ4n) is 0.766. The number of hydrogen-bond acceptors (Lipinski definition) is 3. The lowest BCUT2D eigenvalue weighted by molar-refractivity contribution is 1.32. The fraction of sp³-hybridized carbons (Fsp3) is 0.250. The number of allylic oxidation sites excluding steroid dienone is 1. The molecule has 0 saturated carbocycles. The van der Waals surface area contributed by atoms with Gasteiger partial charge in [-0.05, 0) is 31.4 Å². The van der Waals surface area contributed by atoms with Crippen LogP contribution in [0.3, 0.4) is 0 Å². The van der Waals surface area contributed by atoms with Gasteiger partial charge in [0.25, 0.3) is 0 Å². The summed E-state index contributed by atoms with van der Waals surface area (Å²) >= 11 is 1.43. The highest BCUT2D eigenvalue weighted by molar-refractivity contribution is 7.03. The summed E-state index contributed by atoms with van der Waals surface area (Å²) in [7, 11) is 0. The molecular weight excluding hydrogens is 156 g/mol. The summed E-state index contributed by atoms with van der Waals surface area (Å²) < 4.78 is 4.14. The van der Waals surface area contributed by atoms with Crippen LogP contribution in [0.5, 0.6) is 0 Å². The van der Waals surface area contributed by atoms with Crippen molar-refractivity contribution in [3.63, 3.8) is 0 Å². The van der Waals surface area contributed by atoms with E-state index in [0.29, 0.717) is 5.70 Å². The van der Waals surface area contributed by atoms with Crippen molar-refractivity contribution >= 4 is 17.1 Å². The molecule has 58 valence electrons. The highest BCUT2D eigenvalue weighted by Gasteiger charge is 1.94. The van der Waals surface area contributed by atoms with E-state index in [1.54, 1.807) is 0 Å². The number of rotatable bonds is 1. The van der Waals surface area contributed by atoms with E-state index in [0.717, 1.165) is 11.3 Å². The third-order valence-corrected chi connectivity index (χ3v) is 1.77. The second-order valence-electron chi connectivity index (χ2n) is 2.32. The van der Waals surface area contributed by atoms with Gasteiger partial charge in [0.15, 0.2) is 0 Å². The van der Waals surface area contributed by atoms with E-state index < -0.39 is 0 Å². The maximum atomic E-state index is 5.46. The molecule has 2 N–H and O–H groups in total. The Balaban J connectivity index is 3.05. The molecule has 0 radical (unpaired) electrons. The molecule has 0 aliphatic rings. The molecule has 0 aliphatic heterocycles. The van der Waals surface area contributed by atoms with Crippen LogP contribution in [0.4, 0.5) is 0 Å². The normalized spacial score (nSPS) is 8.91. The Morgan fingerprint density at radius 1 is 1.64 bits per heavy atom. The van der Waals surface area contributed by atoms with E-state index in [4.69, 9.17) is 5.73 Å². The minimum atomic E-state index is 0.690. The average Bonchev–Trinajstić information content (AvgIpc) is 2.35. The zero-order chi connectivity index (χ0) is 8.27. The van der Waals surface area contributed by atoms with Crippen molar-refractivity contribution in [3.05, 3.63) is 28.6 Å². The van der Waals surface area contributed by atoms with Crippen LogP contribution in [0.1, 0.15) is 19.5 Å². The quantitative estimate of drug-likeness (QED) is 0.648. The van der Waals surface area contributed by atoms with Gasteiger partial charge in [0.2, 0.25) is 0 Å². The van der Waals surface area contributed by atoms with Crippen molar-refractivity contribution < 1.29 is 0 Å². The van der Waals surface area contributed by atoms with Crippen molar-refractivity contribution in [2.75, 3.05) is 0 Å². The van der Waals surface area contributed by atoms with Gasteiger partial charge in [0.1, 0.15) is 0 Å². The molecule has 1 aromatic heterocycles. The van der Waals surface area contributed by atoms with Crippen molar-refractivity contribution in [2.24, 2.45) is 5.73 Å². The summed E-state index contributed by atoms with van der Waals surface area (Å²) in [5.74, 6) is 0. The van der Waals surface area contributed by atoms with Gasteiger partial charge in [0.05, 0.1) is 5.69 Å². The molecule has 11 heavy (non-hydrogen) atoms. The molecule has 1 rings (SSSR count). The van der Waals surface area contributed by atoms with Crippen LogP contribution in [0, 0.1) is 0 Å². The van der Waals surface area contributed by atoms with E-state index in [2.05, 4.69) is 10.1 Å². The van der Waals surface area contributed by atoms with Gasteiger partial charge >= 0.3 is 0 Å². The maximum Gasteiger partial charge on any atom is 0.0875 e. The zero-order valence-corrected chi connectivity index (χ0v) is 7.40. The second-order valence-corrected chi connectivity index (χ2v) is 2.98. The molecule has 0 fully saturated rings. The second kappa shape index (κ2) is 3.37. The van der Waals surface area contributed by atoms with E-state index in [1.807, 2.05) is 25.3 Å². The van der Waals surface area contributed by atoms with Gasteiger partial charge in [-0.2, -0.15) is 4.37 Å². The summed E-state index contributed by atoms with van der Waals surface area (Å²) in [5.41, 5.74) is 11.1. The Labute approximate surface area is 70.2 Å². The SMILES string of the molecule is CC(N)=C=C(C)c1ccsn1. The summed E-state index contributed by atoms with van der Waals surface area (Å²) in [6.45, 7) is 3.77. The minimum absolute atomic E-state index is 0.690. The van der Waals surface area contributed by atoms with Crippen LogP contribution in [-0.4, -0.2) is 4.37 Å². The first-order chi connectivity index (χ1) is 5.20. The van der Waals surface area contributed by atoms with E-state index in [1.165, 1.54) is 11.5 Å². The lowest BCUT2D eigenvalue weighted by Gasteiger charge is -1.88. The van der Waals surface area contributed by atoms with Crippen molar-refractivity contribution in [1.29, 1.82) is 0 Å². The van der Waals surface area contributed by atoms with Crippen LogP contribution in [-0.2, 0) is 0 Å². The number of nitrogens with zero attached hydrogens (tertiary/aromatic N) is 1. The fourth-order valence-corrected chi connectivity index (χ4v) is 1.33. The Bertz CT molecular complexity index is 288. The molecule has 1 heterocycles. The maximum absolute atomic E-state index is 5.46. The van der Waals surface area contributed by atoms with Crippen molar-refractivity contribution in [1.82, 2.24) is 4.37 Å². The first-order valence-electron chi connectivity index (χ1n) is 3.30. The lowest BCUT2D eigenvalue weighted by atomic mass is 10.2. The Morgan fingerprint density at radius 3 is 2.82 bits per heavy atom. The standard InChI is InChI=1S/C8H10N2S/c1-6(5-7(2)9)8-3-4-11-10-8/h3-4H,9H2,1-2H3. The number of nitrogens with two attached hydrogens (primary N) is 1. The van der Waals surface area contributed by atoms with Gasteiger partial charge in [0, 0.05) is 16.7 Å². The molecule has 0 atom stereocenters.